The Bertz CT molecular complexity index is 2240. The van der Waals surface area contributed by atoms with E-state index in [1.54, 1.807) is 54.7 Å². The molecular weight excluding hydrogens is 821 g/mol. The lowest BCUT2D eigenvalue weighted by Gasteiger charge is -2.43. The molecule has 8 rings (SSSR count). The highest BCUT2D eigenvalue weighted by atomic mass is 16.5. The number of carbonyl (C=O) groups is 6. The van der Waals surface area contributed by atoms with Gasteiger partial charge in [0.1, 0.15) is 23.5 Å². The van der Waals surface area contributed by atoms with Crippen molar-refractivity contribution in [1.82, 2.24) is 40.3 Å². The molecule has 4 aliphatic heterocycles. The number of piperidine rings is 2. The van der Waals surface area contributed by atoms with Gasteiger partial charge in [0.25, 0.3) is 11.8 Å². The van der Waals surface area contributed by atoms with E-state index >= 15 is 0 Å². The number of carbonyl (C=O) groups excluding carboxylic acids is 6. The van der Waals surface area contributed by atoms with Gasteiger partial charge in [-0.05, 0) is 69.8 Å². The molecule has 5 aliphatic rings. The van der Waals surface area contributed by atoms with Crippen LogP contribution < -0.4 is 31.1 Å². The van der Waals surface area contributed by atoms with Crippen molar-refractivity contribution >= 4 is 64.3 Å². The Morgan fingerprint density at radius 1 is 0.969 bits per heavy atom. The molecule has 2 saturated heterocycles. The predicted molar refractivity (Wildman–Crippen MR) is 238 cm³/mol. The maximum absolute atomic E-state index is 13.2. The fourth-order valence-corrected chi connectivity index (χ4v) is 9.47. The van der Waals surface area contributed by atoms with Gasteiger partial charge in [-0.3, -0.25) is 39.0 Å². The minimum atomic E-state index is -0.726. The van der Waals surface area contributed by atoms with Crippen LogP contribution in [0.4, 0.5) is 28.8 Å². The molecule has 19 nitrogen and oxygen atoms in total. The van der Waals surface area contributed by atoms with Gasteiger partial charge in [0.2, 0.25) is 29.6 Å². The molecule has 6 heterocycles. The topological polar surface area (TPSA) is 215 Å². The molecule has 3 aromatic rings. The summed E-state index contributed by atoms with van der Waals surface area (Å²) < 4.78 is 5.91. The number of rotatable bonds is 16. The smallest absolute Gasteiger partial charge is 0.270 e. The number of nitrogens with one attached hydrogen (secondary N) is 4. The van der Waals surface area contributed by atoms with Crippen LogP contribution in [0.2, 0.25) is 0 Å². The van der Waals surface area contributed by atoms with Crippen molar-refractivity contribution in [2.45, 2.75) is 95.4 Å². The molecule has 6 amide bonds. The number of benzene rings is 1. The first kappa shape index (κ1) is 44.6. The molecule has 340 valence electrons. The first-order chi connectivity index (χ1) is 31.0. The van der Waals surface area contributed by atoms with Crippen molar-refractivity contribution in [3.8, 4) is 0 Å². The van der Waals surface area contributed by atoms with Crippen LogP contribution in [0.1, 0.15) is 91.1 Å². The summed E-state index contributed by atoms with van der Waals surface area (Å²) in [7, 11) is 3.62. The van der Waals surface area contributed by atoms with Crippen molar-refractivity contribution in [2.75, 3.05) is 80.5 Å². The molecule has 1 aromatic carbocycles. The zero-order valence-electron chi connectivity index (χ0n) is 36.8. The van der Waals surface area contributed by atoms with Crippen molar-refractivity contribution in [3.63, 3.8) is 0 Å². The van der Waals surface area contributed by atoms with E-state index in [-0.39, 0.29) is 73.6 Å². The summed E-state index contributed by atoms with van der Waals surface area (Å²) in [6, 6.07) is 7.94. The van der Waals surface area contributed by atoms with Gasteiger partial charge >= 0.3 is 0 Å². The number of likely N-dealkylation sites (tertiary alicyclic amines) is 1. The molecule has 3 fully saturated rings. The first-order valence-electron chi connectivity index (χ1n) is 22.5. The second kappa shape index (κ2) is 19.8. The van der Waals surface area contributed by atoms with Crippen molar-refractivity contribution in [3.05, 3.63) is 59.5 Å². The average molecular weight is 879 g/mol. The average Bonchev–Trinajstić information content (AvgIpc) is 3.94. The number of likely N-dealkylation sites (N-methyl/N-ethyl adjacent to an activating group) is 2. The Labute approximate surface area is 372 Å². The molecule has 0 radical (unpaired) electrons. The van der Waals surface area contributed by atoms with Crippen LogP contribution in [0.15, 0.2) is 42.7 Å². The van der Waals surface area contributed by atoms with E-state index < -0.39 is 11.9 Å². The summed E-state index contributed by atoms with van der Waals surface area (Å²) in [6.07, 6.45) is 10.4. The van der Waals surface area contributed by atoms with Gasteiger partial charge in [0, 0.05) is 75.1 Å². The molecule has 2 atom stereocenters. The number of pyridine rings is 1. The van der Waals surface area contributed by atoms with Crippen molar-refractivity contribution in [1.29, 1.82) is 0 Å². The van der Waals surface area contributed by atoms with E-state index in [2.05, 4.69) is 41.0 Å². The van der Waals surface area contributed by atoms with Gasteiger partial charge in [0.05, 0.1) is 37.8 Å². The first-order valence-corrected chi connectivity index (χ1v) is 22.5. The lowest BCUT2D eigenvalue weighted by molar-refractivity contribution is -0.137. The molecule has 2 aromatic heterocycles. The van der Waals surface area contributed by atoms with E-state index in [1.807, 2.05) is 18.9 Å². The van der Waals surface area contributed by atoms with E-state index in [9.17, 15) is 28.8 Å². The zero-order chi connectivity index (χ0) is 44.9. The minimum Gasteiger partial charge on any atom is -0.379 e. The lowest BCUT2D eigenvalue weighted by atomic mass is 10.0. The maximum atomic E-state index is 13.2. The summed E-state index contributed by atoms with van der Waals surface area (Å²) in [5.41, 5.74) is 3.31. The van der Waals surface area contributed by atoms with E-state index in [0.29, 0.717) is 66.0 Å². The van der Waals surface area contributed by atoms with Gasteiger partial charge in [-0.2, -0.15) is 4.98 Å². The number of amides is 6. The SMILES string of the molecule is CC[C@@H]1C(=O)N(C)c2cnc(Nc3ccc(C(=O)NC4CCN(CCOCCN(C)CC(=O)Nc5cccc6c5CN(C5CCC(=O)NC5=O)C6=O)CC4)nc3)nc2N1C1CCCC1. The second-order valence-electron chi connectivity index (χ2n) is 17.3. The second-order valence-corrected chi connectivity index (χ2v) is 17.3. The van der Waals surface area contributed by atoms with Crippen LogP contribution in [-0.2, 0) is 30.5 Å². The number of hydrogen-bond acceptors (Lipinski definition) is 14. The molecule has 64 heavy (non-hydrogen) atoms. The van der Waals surface area contributed by atoms with Crippen LogP contribution in [0, 0.1) is 0 Å². The molecule has 1 saturated carbocycles. The van der Waals surface area contributed by atoms with Crippen LogP contribution in [0.5, 0.6) is 0 Å². The van der Waals surface area contributed by atoms with Crippen molar-refractivity contribution in [2.24, 2.45) is 0 Å². The third-order valence-electron chi connectivity index (χ3n) is 13.0. The molecular formula is C45H58N12O7. The highest BCUT2D eigenvalue weighted by Gasteiger charge is 2.42. The number of imide groups is 1. The molecule has 0 spiro atoms. The Hall–Kier alpha value is -6.05. The fraction of sp³-hybridized carbons (Fsp3) is 0.533. The highest BCUT2D eigenvalue weighted by Crippen LogP contribution is 2.40. The number of nitrogens with zero attached hydrogens (tertiary/aromatic N) is 8. The third kappa shape index (κ3) is 9.85. The van der Waals surface area contributed by atoms with Gasteiger partial charge in [0.15, 0.2) is 5.82 Å². The summed E-state index contributed by atoms with van der Waals surface area (Å²) in [5, 5.41) is 11.6. The number of aromatic nitrogens is 3. The normalized spacial score (nSPS) is 20.7. The largest absolute Gasteiger partial charge is 0.379 e. The minimum absolute atomic E-state index is 0.0365. The van der Waals surface area contributed by atoms with Gasteiger partial charge in [-0.15, -0.1) is 0 Å². The number of fused-ring (bicyclic) bond motifs is 2. The zero-order valence-corrected chi connectivity index (χ0v) is 36.8. The summed E-state index contributed by atoms with van der Waals surface area (Å²) in [6.45, 7) is 6.29. The Balaban J connectivity index is 0.722. The predicted octanol–water partition coefficient (Wildman–Crippen LogP) is 2.66. The molecule has 1 aliphatic carbocycles. The van der Waals surface area contributed by atoms with Crippen LogP contribution in [-0.4, -0.2) is 149 Å². The van der Waals surface area contributed by atoms with E-state index in [4.69, 9.17) is 9.72 Å². The van der Waals surface area contributed by atoms with Gasteiger partial charge in [-0.1, -0.05) is 25.8 Å². The number of ether oxygens (including phenoxy) is 1. The molecule has 1 unspecified atom stereocenters. The fourth-order valence-electron chi connectivity index (χ4n) is 9.47. The quantitative estimate of drug-likeness (QED) is 0.120. The van der Waals surface area contributed by atoms with E-state index in [1.165, 1.54) is 4.90 Å². The van der Waals surface area contributed by atoms with Gasteiger partial charge in [-0.25, -0.2) is 9.97 Å². The number of hydrogen-bond donors (Lipinski definition) is 4. The summed E-state index contributed by atoms with van der Waals surface area (Å²) in [5.74, 6) is -0.328. The Kier molecular flexibility index (Phi) is 13.8. The summed E-state index contributed by atoms with van der Waals surface area (Å²) >= 11 is 0. The van der Waals surface area contributed by atoms with Gasteiger partial charge < -0.3 is 40.3 Å². The standard InChI is InChI=1S/C45H58N12O7/c1-4-35-44(63)54(3)37-25-47-45(52-40(37)57(35)30-8-5-6-9-30)49-29-12-13-34(46-24-29)41(60)48-28-16-18-55(19-17-28)21-23-64-22-20-53(2)27-39(59)50-33-11-7-10-31-32(33)26-56(43(31)62)36-14-15-38(58)51-42(36)61/h7,10-13,24-25,28,30,35-36H,4-6,8-9,14-23,26-27H2,1-3H3,(H,48,60)(H,50,59)(H,47,49,52)(H,51,58,61)/t35-,36?/m1/s1. The van der Waals surface area contributed by atoms with E-state index in [0.717, 1.165) is 64.0 Å². The lowest BCUT2D eigenvalue weighted by Crippen LogP contribution is -2.55. The molecule has 4 N–H and O–H groups in total. The Morgan fingerprint density at radius 2 is 1.77 bits per heavy atom. The monoisotopic (exact) mass is 878 g/mol. The van der Waals surface area contributed by atoms with Crippen LogP contribution >= 0.6 is 0 Å². The number of anilines is 5. The maximum Gasteiger partial charge on any atom is 0.270 e. The van der Waals surface area contributed by atoms with Crippen LogP contribution in [0.3, 0.4) is 0 Å². The summed E-state index contributed by atoms with van der Waals surface area (Å²) in [4.78, 5) is 99.9. The third-order valence-corrected chi connectivity index (χ3v) is 13.0. The highest BCUT2D eigenvalue weighted by molar-refractivity contribution is 6.07. The Morgan fingerprint density at radius 3 is 2.50 bits per heavy atom. The van der Waals surface area contributed by atoms with Crippen molar-refractivity contribution < 1.29 is 33.5 Å². The molecule has 0 bridgehead atoms. The molecule has 19 heteroatoms. The van der Waals surface area contributed by atoms with Crippen LogP contribution in [0.25, 0.3) is 0 Å².